The molecule has 5 heteroatoms. The van der Waals surface area contributed by atoms with Crippen LogP contribution in [0.15, 0.2) is 30.5 Å². The predicted molar refractivity (Wildman–Crippen MR) is 94.9 cm³/mol. The van der Waals surface area contributed by atoms with Gasteiger partial charge in [-0.05, 0) is 11.5 Å². The van der Waals surface area contributed by atoms with E-state index in [9.17, 15) is 9.59 Å². The monoisotopic (exact) mass is 327 g/mol. The third kappa shape index (κ3) is 3.45. The number of fused-ring (bicyclic) bond motifs is 1. The van der Waals surface area contributed by atoms with E-state index >= 15 is 0 Å². The molecule has 24 heavy (non-hydrogen) atoms. The Labute approximate surface area is 142 Å². The average molecular weight is 327 g/mol. The molecule has 0 saturated carbocycles. The molecule has 1 aromatic carbocycles. The minimum absolute atomic E-state index is 0.00588. The van der Waals surface area contributed by atoms with Crippen LogP contribution in [0.25, 0.3) is 10.9 Å². The number of carbonyl (C=O) groups excluding carboxylic acids is 2. The van der Waals surface area contributed by atoms with Crippen LogP contribution >= 0.6 is 0 Å². The number of amides is 2. The molecule has 1 saturated heterocycles. The van der Waals surface area contributed by atoms with E-state index in [1.165, 1.54) is 0 Å². The minimum Gasteiger partial charge on any atom is -0.360 e. The molecule has 1 aliphatic rings. The number of aromatic nitrogens is 1. The summed E-state index contributed by atoms with van der Waals surface area (Å²) >= 11 is 0. The lowest BCUT2D eigenvalue weighted by atomic mass is 9.91. The molecule has 1 aliphatic heterocycles. The van der Waals surface area contributed by atoms with Gasteiger partial charge in [0.05, 0.1) is 5.56 Å². The zero-order valence-electron chi connectivity index (χ0n) is 14.6. The van der Waals surface area contributed by atoms with E-state index in [2.05, 4.69) is 25.8 Å². The smallest absolute Gasteiger partial charge is 0.256 e. The number of piperazine rings is 1. The largest absolute Gasteiger partial charge is 0.360 e. The molecule has 0 atom stereocenters. The van der Waals surface area contributed by atoms with Crippen molar-refractivity contribution in [3.8, 4) is 0 Å². The van der Waals surface area contributed by atoms with Crippen LogP contribution in [0.2, 0.25) is 0 Å². The summed E-state index contributed by atoms with van der Waals surface area (Å²) in [5.74, 6) is 0.220. The molecule has 1 fully saturated rings. The number of nitrogens with zero attached hydrogens (tertiary/aromatic N) is 2. The Morgan fingerprint density at radius 2 is 1.67 bits per heavy atom. The second-order valence-electron chi connectivity index (χ2n) is 7.66. The van der Waals surface area contributed by atoms with E-state index in [0.29, 0.717) is 38.2 Å². The van der Waals surface area contributed by atoms with Crippen molar-refractivity contribution in [3.63, 3.8) is 0 Å². The lowest BCUT2D eigenvalue weighted by molar-refractivity contribution is -0.134. The molecule has 0 aliphatic carbocycles. The van der Waals surface area contributed by atoms with Gasteiger partial charge in [-0.3, -0.25) is 9.59 Å². The van der Waals surface area contributed by atoms with Gasteiger partial charge in [0.25, 0.3) is 5.91 Å². The fraction of sp³-hybridized carbons (Fsp3) is 0.474. The van der Waals surface area contributed by atoms with Gasteiger partial charge in [-0.1, -0.05) is 39.0 Å². The first-order valence-corrected chi connectivity index (χ1v) is 8.48. The number of benzene rings is 1. The van der Waals surface area contributed by atoms with Crippen LogP contribution in [0, 0.1) is 5.41 Å². The minimum atomic E-state index is -0.00588. The lowest BCUT2D eigenvalue weighted by Crippen LogP contribution is -2.51. The van der Waals surface area contributed by atoms with Crippen LogP contribution < -0.4 is 0 Å². The summed E-state index contributed by atoms with van der Waals surface area (Å²) in [6, 6.07) is 7.82. The fourth-order valence-electron chi connectivity index (χ4n) is 3.14. The summed E-state index contributed by atoms with van der Waals surface area (Å²) in [5.41, 5.74) is 1.67. The van der Waals surface area contributed by atoms with E-state index in [0.717, 1.165) is 10.9 Å². The molecular formula is C19H25N3O2. The van der Waals surface area contributed by atoms with Crippen molar-refractivity contribution < 1.29 is 9.59 Å². The number of aromatic amines is 1. The first-order valence-electron chi connectivity index (χ1n) is 8.48. The predicted octanol–water partition coefficient (Wildman–Crippen LogP) is 2.89. The van der Waals surface area contributed by atoms with Crippen LogP contribution in [0.1, 0.15) is 37.6 Å². The van der Waals surface area contributed by atoms with E-state index in [4.69, 9.17) is 0 Å². The first-order chi connectivity index (χ1) is 11.3. The summed E-state index contributed by atoms with van der Waals surface area (Å²) in [6.07, 6.45) is 2.33. The molecule has 2 aromatic rings. The SMILES string of the molecule is CC(C)(C)CC(=O)N1CCN(C(=O)c2c[nH]c3ccccc23)CC1. The van der Waals surface area contributed by atoms with Crippen molar-refractivity contribution >= 4 is 22.7 Å². The van der Waals surface area contributed by atoms with Gasteiger partial charge in [-0.15, -0.1) is 0 Å². The molecular weight excluding hydrogens is 302 g/mol. The molecule has 0 bridgehead atoms. The van der Waals surface area contributed by atoms with Gasteiger partial charge in [-0.2, -0.15) is 0 Å². The Hall–Kier alpha value is -2.30. The highest BCUT2D eigenvalue weighted by Gasteiger charge is 2.27. The maximum absolute atomic E-state index is 12.8. The molecule has 0 unspecified atom stereocenters. The number of hydrogen-bond acceptors (Lipinski definition) is 2. The van der Waals surface area contributed by atoms with E-state index in [1.54, 1.807) is 6.20 Å². The number of H-pyrrole nitrogens is 1. The maximum Gasteiger partial charge on any atom is 0.256 e. The van der Waals surface area contributed by atoms with Crippen molar-refractivity contribution in [1.29, 1.82) is 0 Å². The van der Waals surface area contributed by atoms with Gasteiger partial charge >= 0.3 is 0 Å². The Kier molecular flexibility index (Phi) is 4.35. The van der Waals surface area contributed by atoms with Crippen LogP contribution in [-0.2, 0) is 4.79 Å². The molecule has 128 valence electrons. The van der Waals surface area contributed by atoms with Crippen molar-refractivity contribution in [2.24, 2.45) is 5.41 Å². The standard InChI is InChI=1S/C19H25N3O2/c1-19(2,3)12-17(23)21-8-10-22(11-9-21)18(24)15-13-20-16-7-5-4-6-14(15)16/h4-7,13,20H,8-12H2,1-3H3. The molecule has 0 spiro atoms. The molecule has 2 amide bonds. The molecule has 1 N–H and O–H groups in total. The number of nitrogens with one attached hydrogen (secondary N) is 1. The van der Waals surface area contributed by atoms with Gasteiger partial charge in [0.15, 0.2) is 0 Å². The van der Waals surface area contributed by atoms with Gasteiger partial charge in [0.1, 0.15) is 0 Å². The molecule has 1 aromatic heterocycles. The third-order valence-corrected chi connectivity index (χ3v) is 4.42. The zero-order valence-corrected chi connectivity index (χ0v) is 14.6. The number of rotatable bonds is 2. The topological polar surface area (TPSA) is 56.4 Å². The highest BCUT2D eigenvalue weighted by Crippen LogP contribution is 2.22. The Morgan fingerprint density at radius 1 is 1.04 bits per heavy atom. The second-order valence-corrected chi connectivity index (χ2v) is 7.66. The van der Waals surface area contributed by atoms with Gasteiger partial charge < -0.3 is 14.8 Å². The van der Waals surface area contributed by atoms with Crippen LogP contribution in [0.4, 0.5) is 0 Å². The molecule has 2 heterocycles. The fourth-order valence-corrected chi connectivity index (χ4v) is 3.14. The second kappa shape index (κ2) is 6.30. The number of hydrogen-bond donors (Lipinski definition) is 1. The lowest BCUT2D eigenvalue weighted by Gasteiger charge is -2.36. The highest BCUT2D eigenvalue weighted by atomic mass is 16.2. The van der Waals surface area contributed by atoms with Gasteiger partial charge in [0, 0.05) is 49.7 Å². The third-order valence-electron chi connectivity index (χ3n) is 4.42. The van der Waals surface area contributed by atoms with Crippen LogP contribution in [-0.4, -0.2) is 52.8 Å². The van der Waals surface area contributed by atoms with Crippen LogP contribution in [0.3, 0.4) is 0 Å². The van der Waals surface area contributed by atoms with E-state index < -0.39 is 0 Å². The highest BCUT2D eigenvalue weighted by molar-refractivity contribution is 6.06. The maximum atomic E-state index is 12.8. The molecule has 0 radical (unpaired) electrons. The van der Waals surface area contributed by atoms with E-state index in [-0.39, 0.29) is 17.2 Å². The normalized spacial score (nSPS) is 15.8. The van der Waals surface area contributed by atoms with Crippen molar-refractivity contribution in [3.05, 3.63) is 36.0 Å². The average Bonchev–Trinajstić information content (AvgIpc) is 2.97. The Morgan fingerprint density at radius 3 is 2.33 bits per heavy atom. The van der Waals surface area contributed by atoms with Crippen LogP contribution in [0.5, 0.6) is 0 Å². The summed E-state index contributed by atoms with van der Waals surface area (Å²) in [4.78, 5) is 32.0. The Balaban J connectivity index is 1.64. The van der Waals surface area contributed by atoms with E-state index in [1.807, 2.05) is 34.1 Å². The van der Waals surface area contributed by atoms with Crippen molar-refractivity contribution in [2.45, 2.75) is 27.2 Å². The summed E-state index contributed by atoms with van der Waals surface area (Å²) < 4.78 is 0. The quantitative estimate of drug-likeness (QED) is 0.922. The molecule has 3 rings (SSSR count). The summed E-state index contributed by atoms with van der Waals surface area (Å²) in [7, 11) is 0. The Bertz CT molecular complexity index is 749. The summed E-state index contributed by atoms with van der Waals surface area (Å²) in [6.45, 7) is 8.62. The van der Waals surface area contributed by atoms with Gasteiger partial charge in [-0.25, -0.2) is 0 Å². The van der Waals surface area contributed by atoms with Crippen molar-refractivity contribution in [2.75, 3.05) is 26.2 Å². The number of carbonyl (C=O) groups is 2. The van der Waals surface area contributed by atoms with Crippen molar-refractivity contribution in [1.82, 2.24) is 14.8 Å². The van der Waals surface area contributed by atoms with Gasteiger partial charge in [0.2, 0.25) is 5.91 Å². The molecule has 5 nitrogen and oxygen atoms in total. The zero-order chi connectivity index (χ0) is 17.3. The summed E-state index contributed by atoms with van der Waals surface area (Å²) in [5, 5.41) is 0.953. The number of para-hydroxylation sites is 1. The first kappa shape index (κ1) is 16.6.